The maximum Gasteiger partial charge on any atom is 0.310 e. The third-order valence-electron chi connectivity index (χ3n) is 2.77. The van der Waals surface area contributed by atoms with Gasteiger partial charge in [0.05, 0.1) is 12.5 Å². The van der Waals surface area contributed by atoms with E-state index in [2.05, 4.69) is 34.6 Å². The van der Waals surface area contributed by atoms with E-state index in [1.54, 1.807) is 0 Å². The van der Waals surface area contributed by atoms with Gasteiger partial charge in [-0.2, -0.15) is 0 Å². The summed E-state index contributed by atoms with van der Waals surface area (Å²) in [7, 11) is 0. The fourth-order valence-corrected chi connectivity index (χ4v) is 1.92. The van der Waals surface area contributed by atoms with E-state index in [1.807, 2.05) is 0 Å². The van der Waals surface area contributed by atoms with Crippen LogP contribution in [0.25, 0.3) is 0 Å². The Morgan fingerprint density at radius 1 is 1.35 bits per heavy atom. The fourth-order valence-electron chi connectivity index (χ4n) is 1.92. The van der Waals surface area contributed by atoms with Gasteiger partial charge in [0.2, 0.25) is 0 Å². The van der Waals surface area contributed by atoms with Crippen LogP contribution in [0, 0.1) is 17.3 Å². The molecule has 0 aliphatic carbocycles. The highest BCUT2D eigenvalue weighted by atomic mass is 16.5. The predicted octanol–water partition coefficient (Wildman–Crippen LogP) is 2.98. The van der Waals surface area contributed by atoms with Crippen molar-refractivity contribution in [1.29, 1.82) is 0 Å². The number of rotatable bonds is 7. The molecule has 0 radical (unpaired) electrons. The SMILES string of the molecule is CCCC(C)COC(=O)C(CN)CC(C)(C)C. The van der Waals surface area contributed by atoms with E-state index in [0.717, 1.165) is 19.3 Å². The van der Waals surface area contributed by atoms with Crippen molar-refractivity contribution < 1.29 is 9.53 Å². The minimum atomic E-state index is -0.163. The second kappa shape index (κ2) is 7.70. The smallest absolute Gasteiger partial charge is 0.310 e. The summed E-state index contributed by atoms with van der Waals surface area (Å²) in [5, 5.41) is 0. The van der Waals surface area contributed by atoms with Crippen molar-refractivity contribution in [3.05, 3.63) is 0 Å². The second-order valence-electron chi connectivity index (χ2n) is 6.22. The highest BCUT2D eigenvalue weighted by Gasteiger charge is 2.25. The average Bonchev–Trinajstić information content (AvgIpc) is 2.21. The number of nitrogens with two attached hydrogens (primary N) is 1. The average molecular weight is 243 g/mol. The van der Waals surface area contributed by atoms with Crippen LogP contribution < -0.4 is 5.73 Å². The van der Waals surface area contributed by atoms with Crippen LogP contribution >= 0.6 is 0 Å². The van der Waals surface area contributed by atoms with E-state index in [4.69, 9.17) is 10.5 Å². The summed E-state index contributed by atoms with van der Waals surface area (Å²) in [6, 6.07) is 0. The highest BCUT2D eigenvalue weighted by molar-refractivity contribution is 5.72. The molecule has 2 atom stereocenters. The number of carbonyl (C=O) groups is 1. The van der Waals surface area contributed by atoms with Crippen LogP contribution in [0.5, 0.6) is 0 Å². The molecule has 3 nitrogen and oxygen atoms in total. The van der Waals surface area contributed by atoms with E-state index in [-0.39, 0.29) is 17.3 Å². The Morgan fingerprint density at radius 2 is 1.94 bits per heavy atom. The van der Waals surface area contributed by atoms with Gasteiger partial charge in [0.25, 0.3) is 0 Å². The van der Waals surface area contributed by atoms with Crippen molar-refractivity contribution in [2.24, 2.45) is 23.0 Å². The van der Waals surface area contributed by atoms with Gasteiger partial charge in [-0.25, -0.2) is 0 Å². The molecule has 2 N–H and O–H groups in total. The molecule has 0 amide bonds. The summed E-state index contributed by atoms with van der Waals surface area (Å²) in [5.74, 6) is 0.145. The highest BCUT2D eigenvalue weighted by Crippen LogP contribution is 2.24. The molecule has 0 saturated carbocycles. The van der Waals surface area contributed by atoms with Gasteiger partial charge in [-0.3, -0.25) is 4.79 Å². The first-order chi connectivity index (χ1) is 7.80. The summed E-state index contributed by atoms with van der Waals surface area (Å²) in [6.07, 6.45) is 3.01. The number of carbonyl (C=O) groups excluding carboxylic acids is 1. The van der Waals surface area contributed by atoms with Crippen molar-refractivity contribution in [2.75, 3.05) is 13.2 Å². The molecule has 0 rings (SSSR count). The summed E-state index contributed by atoms with van der Waals surface area (Å²) in [5.41, 5.74) is 5.75. The zero-order chi connectivity index (χ0) is 13.5. The third-order valence-corrected chi connectivity index (χ3v) is 2.77. The van der Waals surface area contributed by atoms with Gasteiger partial charge in [-0.1, -0.05) is 41.0 Å². The lowest BCUT2D eigenvalue weighted by molar-refractivity contribution is -0.150. The normalized spacial score (nSPS) is 15.4. The quantitative estimate of drug-likeness (QED) is 0.699. The molecule has 102 valence electrons. The number of esters is 1. The molecule has 17 heavy (non-hydrogen) atoms. The Morgan fingerprint density at radius 3 is 2.35 bits per heavy atom. The summed E-state index contributed by atoms with van der Waals surface area (Å²) < 4.78 is 5.34. The lowest BCUT2D eigenvalue weighted by Crippen LogP contribution is -2.30. The molecule has 0 heterocycles. The Bertz CT molecular complexity index is 221. The van der Waals surface area contributed by atoms with Crippen LogP contribution in [0.1, 0.15) is 53.9 Å². The summed E-state index contributed by atoms with van der Waals surface area (Å²) in [4.78, 5) is 11.9. The molecule has 0 aliphatic heterocycles. The topological polar surface area (TPSA) is 52.3 Å². The lowest BCUT2D eigenvalue weighted by Gasteiger charge is -2.24. The molecular formula is C14H29NO2. The molecule has 3 heteroatoms. The maximum absolute atomic E-state index is 11.9. The Kier molecular flexibility index (Phi) is 7.44. The van der Waals surface area contributed by atoms with E-state index < -0.39 is 0 Å². The van der Waals surface area contributed by atoms with Crippen LogP contribution in [0.2, 0.25) is 0 Å². The Hall–Kier alpha value is -0.570. The van der Waals surface area contributed by atoms with Gasteiger partial charge in [-0.15, -0.1) is 0 Å². The number of hydrogen-bond acceptors (Lipinski definition) is 3. The van der Waals surface area contributed by atoms with E-state index >= 15 is 0 Å². The summed E-state index contributed by atoms with van der Waals surface area (Å²) >= 11 is 0. The van der Waals surface area contributed by atoms with Gasteiger partial charge in [0, 0.05) is 6.54 Å². The zero-order valence-electron chi connectivity index (χ0n) is 12.1. The van der Waals surface area contributed by atoms with Gasteiger partial charge in [0.15, 0.2) is 0 Å². The van der Waals surface area contributed by atoms with Crippen molar-refractivity contribution in [2.45, 2.75) is 53.9 Å². The molecule has 0 saturated heterocycles. The lowest BCUT2D eigenvalue weighted by atomic mass is 9.85. The van der Waals surface area contributed by atoms with Gasteiger partial charge in [0.1, 0.15) is 0 Å². The van der Waals surface area contributed by atoms with Crippen molar-refractivity contribution in [3.8, 4) is 0 Å². The maximum atomic E-state index is 11.9. The van der Waals surface area contributed by atoms with Crippen LogP contribution in [0.3, 0.4) is 0 Å². The standard InChI is InChI=1S/C14H29NO2/c1-6-7-11(2)10-17-13(16)12(9-15)8-14(3,4)5/h11-12H,6-10,15H2,1-5H3. The fraction of sp³-hybridized carbons (Fsp3) is 0.929. The van der Waals surface area contributed by atoms with Crippen molar-refractivity contribution >= 4 is 5.97 Å². The zero-order valence-corrected chi connectivity index (χ0v) is 12.1. The van der Waals surface area contributed by atoms with Gasteiger partial charge < -0.3 is 10.5 Å². The molecule has 0 aromatic rings. The van der Waals surface area contributed by atoms with Crippen molar-refractivity contribution in [3.63, 3.8) is 0 Å². The van der Waals surface area contributed by atoms with Crippen LogP contribution in [0.4, 0.5) is 0 Å². The molecule has 0 aromatic carbocycles. The molecular weight excluding hydrogens is 214 g/mol. The first-order valence-electron chi connectivity index (χ1n) is 6.66. The monoisotopic (exact) mass is 243 g/mol. The molecule has 2 unspecified atom stereocenters. The minimum Gasteiger partial charge on any atom is -0.465 e. The molecule has 0 spiro atoms. The second-order valence-corrected chi connectivity index (χ2v) is 6.22. The largest absolute Gasteiger partial charge is 0.465 e. The predicted molar refractivity (Wildman–Crippen MR) is 71.6 cm³/mol. The van der Waals surface area contributed by atoms with Crippen LogP contribution in [0.15, 0.2) is 0 Å². The minimum absolute atomic E-state index is 0.109. The molecule has 0 bridgehead atoms. The number of hydrogen-bond donors (Lipinski definition) is 1. The van der Waals surface area contributed by atoms with E-state index in [0.29, 0.717) is 19.1 Å². The first-order valence-corrected chi connectivity index (χ1v) is 6.66. The summed E-state index contributed by atoms with van der Waals surface area (Å²) in [6.45, 7) is 11.5. The Labute approximate surface area is 106 Å². The molecule has 0 aliphatic rings. The Balaban J connectivity index is 4.09. The van der Waals surface area contributed by atoms with Gasteiger partial charge >= 0.3 is 5.97 Å². The van der Waals surface area contributed by atoms with Crippen LogP contribution in [-0.2, 0) is 9.53 Å². The molecule has 0 aromatic heterocycles. The third kappa shape index (κ3) is 8.19. The van der Waals surface area contributed by atoms with E-state index in [1.165, 1.54) is 0 Å². The van der Waals surface area contributed by atoms with E-state index in [9.17, 15) is 4.79 Å². The number of ether oxygens (including phenoxy) is 1. The molecule has 0 fully saturated rings. The van der Waals surface area contributed by atoms with Gasteiger partial charge in [-0.05, 0) is 24.2 Å². The van der Waals surface area contributed by atoms with Crippen molar-refractivity contribution in [1.82, 2.24) is 0 Å². The van der Waals surface area contributed by atoms with Crippen LogP contribution in [-0.4, -0.2) is 19.1 Å². The first kappa shape index (κ1) is 16.4.